The second kappa shape index (κ2) is 8.97. The summed E-state index contributed by atoms with van der Waals surface area (Å²) in [5.74, 6) is 0.157. The zero-order valence-corrected chi connectivity index (χ0v) is 13.4. The van der Waals surface area contributed by atoms with E-state index in [1.807, 2.05) is 0 Å². The van der Waals surface area contributed by atoms with Crippen LogP contribution in [0.5, 0.6) is 0 Å². The fourth-order valence-electron chi connectivity index (χ4n) is 2.27. The molecular weight excluding hydrogens is 273 g/mol. The third-order valence-electron chi connectivity index (χ3n) is 2.86. The Hall–Kier alpha value is -0.0300. The molecule has 1 rings (SSSR count). The van der Waals surface area contributed by atoms with Crippen LogP contribution in [0.15, 0.2) is 0 Å². The highest BCUT2D eigenvalue weighted by atomic mass is 35.5. The van der Waals surface area contributed by atoms with Gasteiger partial charge in [0.25, 0.3) is 0 Å². The van der Waals surface area contributed by atoms with Crippen LogP contribution in [0.1, 0.15) is 26.7 Å². The van der Waals surface area contributed by atoms with Crippen LogP contribution < -0.4 is 10.6 Å². The van der Waals surface area contributed by atoms with Gasteiger partial charge in [-0.05, 0) is 38.9 Å². The number of amides is 1. The van der Waals surface area contributed by atoms with Crippen LogP contribution in [0.2, 0.25) is 0 Å². The van der Waals surface area contributed by atoms with Gasteiger partial charge in [0, 0.05) is 13.1 Å². The van der Waals surface area contributed by atoms with Crippen molar-refractivity contribution in [3.8, 4) is 0 Å². The molecule has 0 bridgehead atoms. The van der Waals surface area contributed by atoms with Gasteiger partial charge >= 0.3 is 0 Å². The standard InChI is InChI=1S/C12H25N3O.2ClH/c1-12(2,9-15(3)4)8-14-11(16)10-6-5-7-13-10;;/h10,13H,5-9H2,1-4H3,(H,14,16);2*1H/t10-;;/m0../s1. The summed E-state index contributed by atoms with van der Waals surface area (Å²) in [5, 5.41) is 6.25. The Bertz CT molecular complexity index is 241. The van der Waals surface area contributed by atoms with Gasteiger partial charge in [0.1, 0.15) is 0 Å². The SMILES string of the molecule is CN(C)CC(C)(C)CNC(=O)[C@@H]1CCCN1.Cl.Cl. The number of nitrogens with one attached hydrogen (secondary N) is 2. The molecule has 0 radical (unpaired) electrons. The summed E-state index contributed by atoms with van der Waals surface area (Å²) in [5.41, 5.74) is 0.123. The number of hydrogen-bond acceptors (Lipinski definition) is 3. The lowest BCUT2D eigenvalue weighted by Crippen LogP contribution is -2.46. The van der Waals surface area contributed by atoms with E-state index in [0.29, 0.717) is 0 Å². The summed E-state index contributed by atoms with van der Waals surface area (Å²) in [6, 6.07) is 0.0372. The van der Waals surface area contributed by atoms with Crippen molar-refractivity contribution < 1.29 is 4.79 Å². The molecule has 1 fully saturated rings. The van der Waals surface area contributed by atoms with Crippen LogP contribution in [0.4, 0.5) is 0 Å². The highest BCUT2D eigenvalue weighted by Crippen LogP contribution is 2.14. The van der Waals surface area contributed by atoms with Crippen molar-refractivity contribution in [1.82, 2.24) is 15.5 Å². The first-order valence-electron chi connectivity index (χ1n) is 6.06. The predicted molar refractivity (Wildman–Crippen MR) is 80.9 cm³/mol. The Morgan fingerprint density at radius 3 is 2.44 bits per heavy atom. The molecule has 1 atom stereocenters. The van der Waals surface area contributed by atoms with Crippen molar-refractivity contribution in [2.45, 2.75) is 32.7 Å². The van der Waals surface area contributed by atoms with Crippen molar-refractivity contribution >= 4 is 30.7 Å². The number of carbonyl (C=O) groups is 1. The molecule has 0 spiro atoms. The molecule has 2 N–H and O–H groups in total. The summed E-state index contributed by atoms with van der Waals surface area (Å²) in [6.45, 7) is 7.04. The molecule has 1 aliphatic rings. The minimum absolute atomic E-state index is 0. The van der Waals surface area contributed by atoms with Gasteiger partial charge in [0.15, 0.2) is 0 Å². The normalized spacial score (nSPS) is 19.1. The number of hydrogen-bond donors (Lipinski definition) is 2. The second-order valence-electron chi connectivity index (χ2n) is 5.77. The van der Waals surface area contributed by atoms with E-state index in [-0.39, 0.29) is 42.2 Å². The molecule has 0 unspecified atom stereocenters. The minimum atomic E-state index is 0. The van der Waals surface area contributed by atoms with Crippen molar-refractivity contribution in [3.05, 3.63) is 0 Å². The third kappa shape index (κ3) is 7.41. The largest absolute Gasteiger partial charge is 0.354 e. The third-order valence-corrected chi connectivity index (χ3v) is 2.86. The molecule has 0 aliphatic carbocycles. The van der Waals surface area contributed by atoms with Crippen LogP contribution in [0, 0.1) is 5.41 Å². The number of rotatable bonds is 5. The summed E-state index contributed by atoms with van der Waals surface area (Å²) >= 11 is 0. The van der Waals surface area contributed by atoms with Gasteiger partial charge in [0.05, 0.1) is 6.04 Å². The lowest BCUT2D eigenvalue weighted by atomic mass is 9.93. The Morgan fingerprint density at radius 1 is 1.39 bits per heavy atom. The molecule has 0 aromatic heterocycles. The van der Waals surface area contributed by atoms with E-state index >= 15 is 0 Å². The Kier molecular flexibility index (Phi) is 10.1. The Labute approximate surface area is 123 Å². The van der Waals surface area contributed by atoms with E-state index in [1.165, 1.54) is 0 Å². The minimum Gasteiger partial charge on any atom is -0.354 e. The van der Waals surface area contributed by atoms with Gasteiger partial charge in [0.2, 0.25) is 5.91 Å². The van der Waals surface area contributed by atoms with Crippen LogP contribution in [0.25, 0.3) is 0 Å². The van der Waals surface area contributed by atoms with Gasteiger partial charge in [-0.1, -0.05) is 13.8 Å². The van der Waals surface area contributed by atoms with Gasteiger partial charge in [-0.3, -0.25) is 4.79 Å². The van der Waals surface area contributed by atoms with E-state index in [1.54, 1.807) is 0 Å². The zero-order valence-electron chi connectivity index (χ0n) is 11.8. The van der Waals surface area contributed by atoms with Crippen LogP contribution in [-0.4, -0.2) is 50.6 Å². The zero-order chi connectivity index (χ0) is 12.2. The van der Waals surface area contributed by atoms with Crippen molar-refractivity contribution in [3.63, 3.8) is 0 Å². The maximum absolute atomic E-state index is 11.8. The molecule has 110 valence electrons. The maximum Gasteiger partial charge on any atom is 0.237 e. The second-order valence-corrected chi connectivity index (χ2v) is 5.77. The molecule has 0 aromatic rings. The fourth-order valence-corrected chi connectivity index (χ4v) is 2.27. The molecule has 1 heterocycles. The van der Waals surface area contributed by atoms with E-state index in [9.17, 15) is 4.79 Å². The highest BCUT2D eigenvalue weighted by Gasteiger charge is 2.25. The van der Waals surface area contributed by atoms with E-state index in [0.717, 1.165) is 32.5 Å². The highest BCUT2D eigenvalue weighted by molar-refractivity contribution is 5.85. The molecule has 18 heavy (non-hydrogen) atoms. The number of carbonyl (C=O) groups excluding carboxylic acids is 1. The van der Waals surface area contributed by atoms with E-state index in [4.69, 9.17) is 0 Å². The van der Waals surface area contributed by atoms with Crippen LogP contribution >= 0.6 is 24.8 Å². The smallest absolute Gasteiger partial charge is 0.237 e. The Morgan fingerprint density at radius 2 is 2.00 bits per heavy atom. The van der Waals surface area contributed by atoms with Crippen molar-refractivity contribution in [2.24, 2.45) is 5.41 Å². The Balaban J connectivity index is 0. The molecule has 0 aromatic carbocycles. The van der Waals surface area contributed by atoms with Gasteiger partial charge < -0.3 is 15.5 Å². The fraction of sp³-hybridized carbons (Fsp3) is 0.917. The number of nitrogens with zero attached hydrogens (tertiary/aromatic N) is 1. The van der Waals surface area contributed by atoms with Gasteiger partial charge in [-0.25, -0.2) is 0 Å². The molecule has 1 saturated heterocycles. The predicted octanol–water partition coefficient (Wildman–Crippen LogP) is 1.29. The lowest BCUT2D eigenvalue weighted by Gasteiger charge is -2.29. The van der Waals surface area contributed by atoms with E-state index in [2.05, 4.69) is 43.5 Å². The monoisotopic (exact) mass is 299 g/mol. The molecule has 6 heteroatoms. The first-order chi connectivity index (χ1) is 7.41. The lowest BCUT2D eigenvalue weighted by molar-refractivity contribution is -0.123. The van der Waals surface area contributed by atoms with E-state index < -0.39 is 0 Å². The van der Waals surface area contributed by atoms with Crippen LogP contribution in [0.3, 0.4) is 0 Å². The molecule has 1 aliphatic heterocycles. The molecular formula is C12H27Cl2N3O. The van der Waals surface area contributed by atoms with Crippen molar-refractivity contribution in [2.75, 3.05) is 33.7 Å². The summed E-state index contributed by atoms with van der Waals surface area (Å²) in [7, 11) is 4.12. The quantitative estimate of drug-likeness (QED) is 0.804. The van der Waals surface area contributed by atoms with Crippen molar-refractivity contribution in [1.29, 1.82) is 0 Å². The summed E-state index contributed by atoms with van der Waals surface area (Å²) < 4.78 is 0. The van der Waals surface area contributed by atoms with Gasteiger partial charge in [-0.15, -0.1) is 24.8 Å². The first kappa shape index (κ1) is 20.3. The topological polar surface area (TPSA) is 44.4 Å². The summed E-state index contributed by atoms with van der Waals surface area (Å²) in [6.07, 6.45) is 2.08. The molecule has 4 nitrogen and oxygen atoms in total. The average Bonchev–Trinajstić information content (AvgIpc) is 2.64. The maximum atomic E-state index is 11.8. The average molecular weight is 300 g/mol. The number of halogens is 2. The first-order valence-corrected chi connectivity index (χ1v) is 6.06. The summed E-state index contributed by atoms with van der Waals surface area (Å²) in [4.78, 5) is 13.9. The van der Waals surface area contributed by atoms with Gasteiger partial charge in [-0.2, -0.15) is 0 Å². The molecule has 1 amide bonds. The van der Waals surface area contributed by atoms with Crippen LogP contribution in [-0.2, 0) is 4.79 Å². The molecule has 0 saturated carbocycles.